The first-order chi connectivity index (χ1) is 13.1. The summed E-state index contributed by atoms with van der Waals surface area (Å²) in [6.45, 7) is 0. The molecule has 5 heteroatoms. The maximum absolute atomic E-state index is 6.50. The number of benzene rings is 3. The number of thioether (sulfide) groups is 1. The van der Waals surface area contributed by atoms with Crippen molar-refractivity contribution in [1.82, 2.24) is 0 Å². The highest BCUT2D eigenvalue weighted by molar-refractivity contribution is 7.99. The van der Waals surface area contributed by atoms with Gasteiger partial charge in [-0.05, 0) is 65.7 Å². The quantitative estimate of drug-likeness (QED) is 0.486. The average molecular weight is 414 g/mol. The number of nitrogens with one attached hydrogen (secondary N) is 1. The first-order valence-corrected chi connectivity index (χ1v) is 10.1. The SMILES string of the molecule is COc1ccc(C2=CC(c3ccccc3Cl)Sc3cc(Cl)ccc3N2)cc1. The highest BCUT2D eigenvalue weighted by Crippen LogP contribution is 2.47. The van der Waals surface area contributed by atoms with Gasteiger partial charge in [0.15, 0.2) is 0 Å². The van der Waals surface area contributed by atoms with Gasteiger partial charge in [-0.25, -0.2) is 0 Å². The third-order valence-electron chi connectivity index (χ3n) is 4.40. The fourth-order valence-corrected chi connectivity index (χ4v) is 4.81. The van der Waals surface area contributed by atoms with E-state index in [1.165, 1.54) is 0 Å². The highest BCUT2D eigenvalue weighted by Gasteiger charge is 2.21. The molecule has 27 heavy (non-hydrogen) atoms. The molecule has 1 heterocycles. The first-order valence-electron chi connectivity index (χ1n) is 8.48. The van der Waals surface area contributed by atoms with Crippen LogP contribution >= 0.6 is 35.0 Å². The molecule has 0 aliphatic carbocycles. The Kier molecular flexibility index (Phi) is 5.35. The zero-order valence-electron chi connectivity index (χ0n) is 14.6. The van der Waals surface area contributed by atoms with Crippen LogP contribution in [0, 0.1) is 0 Å². The third kappa shape index (κ3) is 3.96. The molecule has 0 amide bonds. The number of ether oxygens (including phenoxy) is 1. The second kappa shape index (κ2) is 7.89. The topological polar surface area (TPSA) is 21.3 Å². The summed E-state index contributed by atoms with van der Waals surface area (Å²) in [4.78, 5) is 1.09. The van der Waals surface area contributed by atoms with E-state index in [2.05, 4.69) is 17.5 Å². The van der Waals surface area contributed by atoms with Crippen molar-refractivity contribution in [3.8, 4) is 5.75 Å². The molecule has 0 aromatic heterocycles. The largest absolute Gasteiger partial charge is 0.497 e. The van der Waals surface area contributed by atoms with Crippen molar-refractivity contribution in [2.75, 3.05) is 12.4 Å². The van der Waals surface area contributed by atoms with E-state index in [1.54, 1.807) is 18.9 Å². The molecule has 0 radical (unpaired) electrons. The van der Waals surface area contributed by atoms with E-state index < -0.39 is 0 Å². The van der Waals surface area contributed by atoms with E-state index >= 15 is 0 Å². The van der Waals surface area contributed by atoms with Crippen LogP contribution in [0.4, 0.5) is 5.69 Å². The number of halogens is 2. The molecule has 1 N–H and O–H groups in total. The van der Waals surface area contributed by atoms with Crippen LogP contribution in [0.3, 0.4) is 0 Å². The summed E-state index contributed by atoms with van der Waals surface area (Å²) < 4.78 is 5.28. The minimum atomic E-state index is 0.0584. The molecule has 1 aliphatic heterocycles. The minimum absolute atomic E-state index is 0.0584. The Morgan fingerprint density at radius 3 is 2.48 bits per heavy atom. The second-order valence-corrected chi connectivity index (χ2v) is 8.16. The van der Waals surface area contributed by atoms with Gasteiger partial charge in [-0.2, -0.15) is 0 Å². The zero-order valence-corrected chi connectivity index (χ0v) is 16.9. The summed E-state index contributed by atoms with van der Waals surface area (Å²) in [5.41, 5.74) is 4.21. The lowest BCUT2D eigenvalue weighted by atomic mass is 10.1. The molecule has 0 spiro atoms. The standard InChI is InChI=1S/C22H17Cl2NOS/c1-26-16-9-6-14(7-10-16)20-13-21(17-4-2-3-5-18(17)24)27-22-12-15(23)8-11-19(22)25-20/h2-13,21,25H,1H3. The van der Waals surface area contributed by atoms with Crippen LogP contribution in [0.5, 0.6) is 5.75 Å². The molecule has 1 aliphatic rings. The number of hydrogen-bond donors (Lipinski definition) is 1. The van der Waals surface area contributed by atoms with Crippen LogP contribution in [0.1, 0.15) is 16.4 Å². The average Bonchev–Trinajstić information content (AvgIpc) is 2.87. The predicted molar refractivity (Wildman–Crippen MR) is 116 cm³/mol. The van der Waals surface area contributed by atoms with E-state index in [-0.39, 0.29) is 5.25 Å². The molecule has 0 bridgehead atoms. The van der Waals surface area contributed by atoms with Crippen LogP contribution in [-0.2, 0) is 0 Å². The van der Waals surface area contributed by atoms with E-state index in [1.807, 2.05) is 60.7 Å². The lowest BCUT2D eigenvalue weighted by Gasteiger charge is -2.14. The zero-order chi connectivity index (χ0) is 18.8. The van der Waals surface area contributed by atoms with E-state index in [9.17, 15) is 0 Å². The summed E-state index contributed by atoms with van der Waals surface area (Å²) in [5, 5.41) is 5.09. The Hall–Kier alpha value is -2.07. The Bertz CT molecular complexity index is 1000. The first kappa shape index (κ1) is 18.3. The van der Waals surface area contributed by atoms with Crippen molar-refractivity contribution in [3.05, 3.63) is 94.0 Å². The molecule has 1 atom stereocenters. The van der Waals surface area contributed by atoms with Gasteiger partial charge in [0.25, 0.3) is 0 Å². The predicted octanol–water partition coefficient (Wildman–Crippen LogP) is 7.30. The lowest BCUT2D eigenvalue weighted by Crippen LogP contribution is -1.99. The van der Waals surface area contributed by atoms with Crippen molar-refractivity contribution in [2.45, 2.75) is 10.1 Å². The van der Waals surface area contributed by atoms with Crippen molar-refractivity contribution >= 4 is 46.3 Å². The number of fused-ring (bicyclic) bond motifs is 1. The third-order valence-corrected chi connectivity index (χ3v) is 6.21. The molecular formula is C22H17Cl2NOS. The molecule has 0 fully saturated rings. The van der Waals surface area contributed by atoms with Crippen molar-refractivity contribution in [1.29, 1.82) is 0 Å². The molecule has 3 aromatic rings. The van der Waals surface area contributed by atoms with E-state index in [4.69, 9.17) is 27.9 Å². The Morgan fingerprint density at radius 2 is 1.74 bits per heavy atom. The Labute approximate surface area is 173 Å². The molecule has 2 nitrogen and oxygen atoms in total. The van der Waals surface area contributed by atoms with Gasteiger partial charge in [0.05, 0.1) is 18.0 Å². The van der Waals surface area contributed by atoms with Crippen LogP contribution in [0.15, 0.2) is 77.7 Å². The van der Waals surface area contributed by atoms with Gasteiger partial charge in [-0.1, -0.05) is 41.4 Å². The molecule has 4 rings (SSSR count). The molecule has 1 unspecified atom stereocenters. The number of anilines is 1. The van der Waals surface area contributed by atoms with Crippen molar-refractivity contribution in [3.63, 3.8) is 0 Å². The summed E-state index contributed by atoms with van der Waals surface area (Å²) in [5.74, 6) is 0.831. The second-order valence-electron chi connectivity index (χ2n) is 6.13. The fraction of sp³-hybridized carbons (Fsp3) is 0.0909. The van der Waals surface area contributed by atoms with Gasteiger partial charge < -0.3 is 10.1 Å². The smallest absolute Gasteiger partial charge is 0.118 e. The van der Waals surface area contributed by atoms with Crippen LogP contribution < -0.4 is 10.1 Å². The highest BCUT2D eigenvalue weighted by atomic mass is 35.5. The van der Waals surface area contributed by atoms with E-state index in [0.29, 0.717) is 5.02 Å². The summed E-state index contributed by atoms with van der Waals surface area (Å²) in [6.07, 6.45) is 2.21. The van der Waals surface area contributed by atoms with Gasteiger partial charge >= 0.3 is 0 Å². The maximum atomic E-state index is 6.50. The number of hydrogen-bond acceptors (Lipinski definition) is 3. The normalized spacial score (nSPS) is 16.0. The van der Waals surface area contributed by atoms with E-state index in [0.717, 1.165) is 38.2 Å². The molecule has 0 saturated carbocycles. The van der Waals surface area contributed by atoms with Gasteiger partial charge in [-0.15, -0.1) is 11.8 Å². The number of methoxy groups -OCH3 is 1. The maximum Gasteiger partial charge on any atom is 0.118 e. The number of rotatable bonds is 3. The minimum Gasteiger partial charge on any atom is -0.497 e. The monoisotopic (exact) mass is 413 g/mol. The van der Waals surface area contributed by atoms with Gasteiger partial charge in [0.1, 0.15) is 5.75 Å². The van der Waals surface area contributed by atoms with Gasteiger partial charge in [0, 0.05) is 20.6 Å². The molecular weight excluding hydrogens is 397 g/mol. The molecule has 136 valence electrons. The van der Waals surface area contributed by atoms with Crippen LogP contribution in [0.2, 0.25) is 10.0 Å². The van der Waals surface area contributed by atoms with Crippen LogP contribution in [-0.4, -0.2) is 7.11 Å². The fourth-order valence-electron chi connectivity index (χ4n) is 3.00. The van der Waals surface area contributed by atoms with Gasteiger partial charge in [0.2, 0.25) is 0 Å². The van der Waals surface area contributed by atoms with Crippen molar-refractivity contribution < 1.29 is 4.74 Å². The molecule has 3 aromatic carbocycles. The lowest BCUT2D eigenvalue weighted by molar-refractivity contribution is 0.415. The summed E-state index contributed by atoms with van der Waals surface area (Å²) >= 11 is 14.5. The summed E-state index contributed by atoms with van der Waals surface area (Å²) in [7, 11) is 1.67. The Morgan fingerprint density at radius 1 is 0.963 bits per heavy atom. The van der Waals surface area contributed by atoms with Gasteiger partial charge in [-0.3, -0.25) is 0 Å². The van der Waals surface area contributed by atoms with Crippen LogP contribution in [0.25, 0.3) is 5.70 Å². The molecule has 0 saturated heterocycles. The summed E-state index contributed by atoms with van der Waals surface area (Å²) in [6, 6.07) is 21.9. The van der Waals surface area contributed by atoms with Crippen molar-refractivity contribution in [2.24, 2.45) is 0 Å². The Balaban J connectivity index is 1.82.